The van der Waals surface area contributed by atoms with Crippen molar-refractivity contribution >= 4 is 23.2 Å². The zero-order valence-corrected chi connectivity index (χ0v) is 10.2. The van der Waals surface area contributed by atoms with E-state index in [9.17, 15) is 0 Å². The minimum Gasteiger partial charge on any atom is -0.100 e. The van der Waals surface area contributed by atoms with E-state index in [2.05, 4.69) is 32.9 Å². The SMILES string of the molecule is CC1c2ccccc2C(C)(C)C1(Cl)Cl. The average molecular weight is 229 g/mol. The first-order valence-corrected chi connectivity index (χ1v) is 5.62. The molecule has 1 aliphatic carbocycles. The molecule has 1 atom stereocenters. The molecule has 1 aromatic rings. The standard InChI is InChI=1S/C12H14Cl2/c1-8-9-6-4-5-7-10(9)11(2,3)12(8,13)14/h4-8H,1-3H3. The molecular weight excluding hydrogens is 215 g/mol. The minimum absolute atomic E-state index is 0.174. The van der Waals surface area contributed by atoms with Gasteiger partial charge in [0.15, 0.2) is 0 Å². The Balaban J connectivity index is 2.68. The van der Waals surface area contributed by atoms with E-state index < -0.39 is 4.33 Å². The number of hydrogen-bond donors (Lipinski definition) is 0. The summed E-state index contributed by atoms with van der Waals surface area (Å²) in [5, 5.41) is 0. The van der Waals surface area contributed by atoms with Gasteiger partial charge >= 0.3 is 0 Å². The normalized spacial score (nSPS) is 27.4. The van der Waals surface area contributed by atoms with Crippen LogP contribution in [-0.4, -0.2) is 4.33 Å². The van der Waals surface area contributed by atoms with Crippen molar-refractivity contribution in [1.82, 2.24) is 0 Å². The fraction of sp³-hybridized carbons (Fsp3) is 0.500. The molecule has 0 bridgehead atoms. The van der Waals surface area contributed by atoms with Crippen LogP contribution in [0.3, 0.4) is 0 Å². The lowest BCUT2D eigenvalue weighted by atomic mass is 9.85. The molecule has 0 fully saturated rings. The highest BCUT2D eigenvalue weighted by atomic mass is 35.5. The number of rotatable bonds is 0. The van der Waals surface area contributed by atoms with Crippen LogP contribution in [0.15, 0.2) is 24.3 Å². The summed E-state index contributed by atoms with van der Waals surface area (Å²) < 4.78 is -0.698. The average Bonchev–Trinajstić information content (AvgIpc) is 2.27. The van der Waals surface area contributed by atoms with Gasteiger partial charge in [-0.15, -0.1) is 23.2 Å². The fourth-order valence-electron chi connectivity index (χ4n) is 2.36. The lowest BCUT2D eigenvalue weighted by Crippen LogP contribution is -2.35. The van der Waals surface area contributed by atoms with Crippen LogP contribution in [0.5, 0.6) is 0 Å². The Morgan fingerprint density at radius 3 is 2.29 bits per heavy atom. The minimum atomic E-state index is -0.698. The summed E-state index contributed by atoms with van der Waals surface area (Å²) in [6.45, 7) is 6.30. The lowest BCUT2D eigenvalue weighted by molar-refractivity contribution is 0.455. The van der Waals surface area contributed by atoms with E-state index >= 15 is 0 Å². The zero-order chi connectivity index (χ0) is 10.6. The van der Waals surface area contributed by atoms with Gasteiger partial charge < -0.3 is 0 Å². The van der Waals surface area contributed by atoms with E-state index in [-0.39, 0.29) is 11.3 Å². The summed E-state index contributed by atoms with van der Waals surface area (Å²) in [5.41, 5.74) is 2.38. The second-order valence-electron chi connectivity index (χ2n) is 4.56. The Morgan fingerprint density at radius 2 is 1.71 bits per heavy atom. The molecule has 0 aromatic heterocycles. The van der Waals surface area contributed by atoms with E-state index in [0.29, 0.717) is 0 Å². The molecule has 0 spiro atoms. The second-order valence-corrected chi connectivity index (χ2v) is 5.94. The number of hydrogen-bond acceptors (Lipinski definition) is 0. The van der Waals surface area contributed by atoms with Crippen molar-refractivity contribution in [3.63, 3.8) is 0 Å². The third kappa shape index (κ3) is 1.07. The molecule has 0 aliphatic heterocycles. The highest BCUT2D eigenvalue weighted by molar-refractivity contribution is 6.50. The lowest BCUT2D eigenvalue weighted by Gasteiger charge is -2.33. The molecule has 0 saturated heterocycles. The highest BCUT2D eigenvalue weighted by Crippen LogP contribution is 2.58. The topological polar surface area (TPSA) is 0 Å². The predicted molar refractivity (Wildman–Crippen MR) is 62.3 cm³/mol. The van der Waals surface area contributed by atoms with Crippen LogP contribution in [-0.2, 0) is 5.41 Å². The third-order valence-corrected chi connectivity index (χ3v) is 5.08. The van der Waals surface area contributed by atoms with Gasteiger partial charge in [-0.2, -0.15) is 0 Å². The van der Waals surface area contributed by atoms with Crippen molar-refractivity contribution < 1.29 is 0 Å². The zero-order valence-electron chi connectivity index (χ0n) is 8.64. The molecule has 0 heterocycles. The van der Waals surface area contributed by atoms with Gasteiger partial charge in [0.2, 0.25) is 0 Å². The van der Waals surface area contributed by atoms with E-state index in [1.807, 2.05) is 12.1 Å². The summed E-state index contributed by atoms with van der Waals surface area (Å²) in [7, 11) is 0. The molecule has 0 saturated carbocycles. The van der Waals surface area contributed by atoms with E-state index in [1.165, 1.54) is 11.1 Å². The van der Waals surface area contributed by atoms with Crippen molar-refractivity contribution in [3.8, 4) is 0 Å². The van der Waals surface area contributed by atoms with Gasteiger partial charge in [0.25, 0.3) is 0 Å². The van der Waals surface area contributed by atoms with Gasteiger partial charge in [-0.25, -0.2) is 0 Å². The molecule has 1 unspecified atom stereocenters. The Hall–Kier alpha value is -0.200. The van der Waals surface area contributed by atoms with Gasteiger partial charge in [-0.05, 0) is 11.1 Å². The Bertz CT molecular complexity index is 366. The van der Waals surface area contributed by atoms with E-state index in [1.54, 1.807) is 0 Å². The van der Waals surface area contributed by atoms with Gasteiger partial charge in [0, 0.05) is 11.3 Å². The van der Waals surface area contributed by atoms with Crippen molar-refractivity contribution in [2.24, 2.45) is 0 Å². The van der Waals surface area contributed by atoms with Crippen LogP contribution in [0.2, 0.25) is 0 Å². The maximum Gasteiger partial charge on any atom is 0.133 e. The first-order valence-electron chi connectivity index (χ1n) is 4.86. The van der Waals surface area contributed by atoms with Gasteiger partial charge in [0.05, 0.1) is 0 Å². The number of halogens is 2. The summed E-state index contributed by atoms with van der Waals surface area (Å²) in [6.07, 6.45) is 0. The Labute approximate surface area is 95.2 Å². The van der Waals surface area contributed by atoms with E-state index in [0.717, 1.165) is 0 Å². The van der Waals surface area contributed by atoms with Crippen molar-refractivity contribution in [1.29, 1.82) is 0 Å². The van der Waals surface area contributed by atoms with E-state index in [4.69, 9.17) is 23.2 Å². The maximum absolute atomic E-state index is 6.44. The molecule has 0 amide bonds. The maximum atomic E-state index is 6.44. The molecule has 2 heteroatoms. The first-order chi connectivity index (χ1) is 6.39. The number of alkyl halides is 2. The van der Waals surface area contributed by atoms with Crippen LogP contribution in [0.1, 0.15) is 37.8 Å². The third-order valence-electron chi connectivity index (χ3n) is 3.48. The smallest absolute Gasteiger partial charge is 0.100 e. The molecule has 14 heavy (non-hydrogen) atoms. The van der Waals surface area contributed by atoms with Crippen LogP contribution >= 0.6 is 23.2 Å². The molecule has 76 valence electrons. The van der Waals surface area contributed by atoms with Crippen LogP contribution < -0.4 is 0 Å². The summed E-state index contributed by atoms with van der Waals surface area (Å²) in [4.78, 5) is 0. The molecule has 2 rings (SSSR count). The summed E-state index contributed by atoms with van der Waals surface area (Å²) >= 11 is 12.9. The molecule has 0 radical (unpaired) electrons. The largest absolute Gasteiger partial charge is 0.133 e. The van der Waals surface area contributed by atoms with Crippen molar-refractivity contribution in [2.45, 2.75) is 36.4 Å². The molecule has 1 aromatic carbocycles. The highest BCUT2D eigenvalue weighted by Gasteiger charge is 2.54. The molecule has 0 N–H and O–H groups in total. The van der Waals surface area contributed by atoms with Crippen molar-refractivity contribution in [3.05, 3.63) is 35.4 Å². The summed E-state index contributed by atoms with van der Waals surface area (Å²) in [6, 6.07) is 8.33. The predicted octanol–water partition coefficient (Wildman–Crippen LogP) is 4.26. The van der Waals surface area contributed by atoms with Crippen LogP contribution in [0.4, 0.5) is 0 Å². The second kappa shape index (κ2) is 2.90. The van der Waals surface area contributed by atoms with Gasteiger partial charge in [-0.1, -0.05) is 45.0 Å². The molecule has 0 nitrogen and oxygen atoms in total. The van der Waals surface area contributed by atoms with Crippen LogP contribution in [0.25, 0.3) is 0 Å². The van der Waals surface area contributed by atoms with Gasteiger partial charge in [-0.3, -0.25) is 0 Å². The number of benzene rings is 1. The number of fused-ring (bicyclic) bond motifs is 1. The molecule has 1 aliphatic rings. The fourth-order valence-corrected chi connectivity index (χ4v) is 2.80. The van der Waals surface area contributed by atoms with Gasteiger partial charge in [0.1, 0.15) is 4.33 Å². The monoisotopic (exact) mass is 228 g/mol. The molecular formula is C12H14Cl2. The quantitative estimate of drug-likeness (QED) is 0.583. The summed E-state index contributed by atoms with van der Waals surface area (Å²) in [5.74, 6) is 0.192. The van der Waals surface area contributed by atoms with Crippen molar-refractivity contribution in [2.75, 3.05) is 0 Å². The van der Waals surface area contributed by atoms with Crippen LogP contribution in [0, 0.1) is 0 Å². The Morgan fingerprint density at radius 1 is 1.14 bits per heavy atom. The Kier molecular flexibility index (Phi) is 2.14. The first kappa shape index (κ1) is 10.3.